The molecule has 2 aliphatic heterocycles. The summed E-state index contributed by atoms with van der Waals surface area (Å²) in [5, 5.41) is 11.2. The Morgan fingerprint density at radius 3 is 2.71 bits per heavy atom. The number of aromatic nitrogens is 8. The molecule has 2 fully saturated rings. The molecular formula is C21H26F2N10O7P2. The first-order valence-electron chi connectivity index (χ1n) is 12.6. The molecule has 2 saturated heterocycles. The number of hydrogen-bond donors (Lipinski definition) is 5. The Hall–Kier alpha value is -3.18. The maximum Gasteiger partial charge on any atom is 0.472 e. The van der Waals surface area contributed by atoms with Gasteiger partial charge in [-0.25, -0.2) is 33.3 Å². The maximum absolute atomic E-state index is 16.1. The number of anilines is 2. The molecule has 4 aromatic rings. The van der Waals surface area contributed by atoms with Crippen LogP contribution in [0.4, 0.5) is 20.5 Å². The highest BCUT2D eigenvalue weighted by Crippen LogP contribution is 2.51. The van der Waals surface area contributed by atoms with Crippen molar-refractivity contribution in [2.45, 2.75) is 49.6 Å². The fourth-order valence-corrected chi connectivity index (χ4v) is 7.52. The lowest BCUT2D eigenvalue weighted by molar-refractivity contribution is -0.0730. The van der Waals surface area contributed by atoms with Crippen molar-refractivity contribution in [3.8, 4) is 0 Å². The first kappa shape index (κ1) is 28.9. The fraction of sp³-hybridized carbons (Fsp3) is 0.524. The van der Waals surface area contributed by atoms with Crippen LogP contribution in [0.3, 0.4) is 0 Å². The third kappa shape index (κ3) is 5.04. The fourth-order valence-electron chi connectivity index (χ4n) is 5.10. The van der Waals surface area contributed by atoms with Gasteiger partial charge in [0.15, 0.2) is 28.9 Å². The quantitative estimate of drug-likeness (QED) is 0.192. The van der Waals surface area contributed by atoms with E-state index in [1.807, 2.05) is 0 Å². The van der Waals surface area contributed by atoms with Crippen molar-refractivity contribution in [2.24, 2.45) is 5.92 Å². The van der Waals surface area contributed by atoms with Crippen LogP contribution in [0.15, 0.2) is 23.8 Å². The number of aliphatic hydroxyl groups is 1. The Labute approximate surface area is 236 Å². The lowest BCUT2D eigenvalue weighted by Crippen LogP contribution is -2.40. The molecule has 42 heavy (non-hydrogen) atoms. The Balaban J connectivity index is 1.32. The topological polar surface area (TPSA) is 244 Å². The average Bonchev–Trinajstić information content (AvgIpc) is 3.64. The van der Waals surface area contributed by atoms with Gasteiger partial charge in [-0.15, -0.1) is 8.58 Å². The number of halogens is 2. The number of nitrogens with two attached hydrogens (primary N) is 2. The standard InChI is InChI=1S/C21H26F2N10O7P2/c1-7-10(22)14(19(35)32-5-29-13-17(32)30-21(25)31-18(13)34)40-42(36,37)38-2-9-11(23)8(3-41-7)20(39-9)33-6-28-12-15(24)26-4-27-16(12)33/h4-11,14,19-20,35,41H,2-3H2,1H3,(H,36,37)(H2,24,26,27)(H3,25,30,31,34)/t7?,8-,9-,10-,11+,14-,19-,20-/m1/s1. The Morgan fingerprint density at radius 2 is 1.93 bits per heavy atom. The molecular weight excluding hydrogens is 604 g/mol. The second kappa shape index (κ2) is 10.8. The highest BCUT2D eigenvalue weighted by molar-refractivity contribution is 7.47. The molecule has 226 valence electrons. The summed E-state index contributed by atoms with van der Waals surface area (Å²) < 4.78 is 63.3. The van der Waals surface area contributed by atoms with E-state index >= 15 is 8.78 Å². The highest BCUT2D eigenvalue weighted by atomic mass is 31.2. The Morgan fingerprint density at radius 1 is 1.17 bits per heavy atom. The molecule has 4 aromatic heterocycles. The number of phosphoric acid groups is 1. The molecule has 0 spiro atoms. The van der Waals surface area contributed by atoms with E-state index in [1.165, 1.54) is 24.1 Å². The molecule has 17 nitrogen and oxygen atoms in total. The van der Waals surface area contributed by atoms with E-state index in [0.29, 0.717) is 0 Å². The van der Waals surface area contributed by atoms with Crippen molar-refractivity contribution >= 4 is 50.5 Å². The number of aromatic amines is 1. The minimum Gasteiger partial charge on any atom is -0.382 e. The summed E-state index contributed by atoms with van der Waals surface area (Å²) in [4.78, 5) is 45.0. The van der Waals surface area contributed by atoms with Crippen LogP contribution in [0.25, 0.3) is 22.3 Å². The SMILES string of the molecule is CC1PC[C@@H]2[C@H](F)[C@@H](COP(=O)(O)O[C@@H]([C@@H](O)n3cnc4c(=O)[nH]c(N)nc43)[C@@H]1F)O[C@H]2n1cnc2c(N)ncnc21. The van der Waals surface area contributed by atoms with Crippen molar-refractivity contribution in [3.63, 3.8) is 0 Å². The second-order valence-electron chi connectivity index (χ2n) is 9.92. The van der Waals surface area contributed by atoms with Gasteiger partial charge in [-0.1, -0.05) is 6.92 Å². The number of nitrogen functional groups attached to an aromatic ring is 2. The smallest absolute Gasteiger partial charge is 0.382 e. The lowest BCUT2D eigenvalue weighted by atomic mass is 10.0. The first-order chi connectivity index (χ1) is 19.9. The molecule has 7 N–H and O–H groups in total. The van der Waals surface area contributed by atoms with Gasteiger partial charge in [-0.3, -0.25) is 28.0 Å². The van der Waals surface area contributed by atoms with Crippen molar-refractivity contribution in [2.75, 3.05) is 24.2 Å². The van der Waals surface area contributed by atoms with Crippen LogP contribution < -0.4 is 17.0 Å². The molecule has 2 bridgehead atoms. The third-order valence-corrected chi connectivity index (χ3v) is 9.91. The molecule has 0 radical (unpaired) electrons. The molecule has 6 rings (SSSR count). The monoisotopic (exact) mass is 630 g/mol. The van der Waals surface area contributed by atoms with Gasteiger partial charge in [-0.05, 0) is 6.16 Å². The summed E-state index contributed by atoms with van der Waals surface area (Å²) in [5.41, 5.74) is 10.0. The second-order valence-corrected chi connectivity index (χ2v) is 13.1. The molecule has 0 saturated carbocycles. The van der Waals surface area contributed by atoms with Crippen molar-refractivity contribution in [3.05, 3.63) is 29.3 Å². The van der Waals surface area contributed by atoms with Crippen LogP contribution in [0.1, 0.15) is 19.4 Å². The number of nitrogens with zero attached hydrogens (tertiary/aromatic N) is 7. The Kier molecular flexibility index (Phi) is 7.45. The summed E-state index contributed by atoms with van der Waals surface area (Å²) in [5.74, 6) is -1.03. The summed E-state index contributed by atoms with van der Waals surface area (Å²) in [6.07, 6.45) is -6.28. The van der Waals surface area contributed by atoms with Gasteiger partial charge in [0.05, 0.1) is 19.3 Å². The molecule has 6 heterocycles. The van der Waals surface area contributed by atoms with Crippen LogP contribution in [0.5, 0.6) is 0 Å². The van der Waals surface area contributed by atoms with Crippen molar-refractivity contribution in [1.82, 2.24) is 39.0 Å². The minimum atomic E-state index is -5.12. The van der Waals surface area contributed by atoms with Crippen LogP contribution >= 0.6 is 16.4 Å². The van der Waals surface area contributed by atoms with E-state index < -0.39 is 68.6 Å². The average molecular weight is 630 g/mol. The van der Waals surface area contributed by atoms with E-state index in [2.05, 4.69) is 29.9 Å². The Bertz CT molecular complexity index is 1740. The highest BCUT2D eigenvalue weighted by Gasteiger charge is 2.49. The summed E-state index contributed by atoms with van der Waals surface area (Å²) in [7, 11) is -5.38. The number of nitrogens with one attached hydrogen (secondary N) is 1. The van der Waals surface area contributed by atoms with Gasteiger partial charge in [0.25, 0.3) is 5.56 Å². The van der Waals surface area contributed by atoms with E-state index in [0.717, 1.165) is 10.9 Å². The van der Waals surface area contributed by atoms with Crippen LogP contribution in [-0.2, 0) is 18.3 Å². The number of hydrogen-bond acceptors (Lipinski definition) is 13. The van der Waals surface area contributed by atoms with E-state index in [9.17, 15) is 19.4 Å². The maximum atomic E-state index is 16.1. The molecule has 10 atom stereocenters. The van der Waals surface area contributed by atoms with Gasteiger partial charge in [-0.2, -0.15) is 4.98 Å². The largest absolute Gasteiger partial charge is 0.472 e. The normalized spacial score (nSPS) is 34.0. The zero-order valence-electron chi connectivity index (χ0n) is 21.7. The van der Waals surface area contributed by atoms with Crippen LogP contribution in [-0.4, -0.2) is 92.0 Å². The van der Waals surface area contributed by atoms with Crippen LogP contribution in [0, 0.1) is 5.92 Å². The summed E-state index contributed by atoms with van der Waals surface area (Å²) in [6.45, 7) is 0.760. The summed E-state index contributed by atoms with van der Waals surface area (Å²) >= 11 is 0. The van der Waals surface area contributed by atoms with Crippen molar-refractivity contribution < 1.29 is 37.1 Å². The number of ether oxygens (including phenoxy) is 1. The zero-order chi connectivity index (χ0) is 29.9. The van der Waals surface area contributed by atoms with Gasteiger partial charge < -0.3 is 26.2 Å². The molecule has 0 aliphatic carbocycles. The number of H-pyrrole nitrogens is 1. The van der Waals surface area contributed by atoms with E-state index in [4.69, 9.17) is 25.3 Å². The van der Waals surface area contributed by atoms with E-state index in [1.54, 1.807) is 0 Å². The number of phosphoric ester groups is 1. The number of aliphatic hydroxyl groups excluding tert-OH is 1. The first-order valence-corrected chi connectivity index (χ1v) is 15.4. The van der Waals surface area contributed by atoms with E-state index in [-0.39, 0.29) is 48.8 Å². The predicted octanol–water partition coefficient (Wildman–Crippen LogP) is 0.387. The van der Waals surface area contributed by atoms with Gasteiger partial charge in [0, 0.05) is 11.6 Å². The molecule has 21 heteroatoms. The number of fused-ring (bicyclic) bond motifs is 4. The third-order valence-electron chi connectivity index (χ3n) is 7.26. The molecule has 0 amide bonds. The summed E-state index contributed by atoms with van der Waals surface area (Å²) in [6, 6.07) is 0. The zero-order valence-corrected chi connectivity index (χ0v) is 23.6. The molecule has 3 unspecified atom stereocenters. The van der Waals surface area contributed by atoms with Gasteiger partial charge >= 0.3 is 7.82 Å². The van der Waals surface area contributed by atoms with Crippen LogP contribution in [0.2, 0.25) is 0 Å². The van der Waals surface area contributed by atoms with Gasteiger partial charge in [0.2, 0.25) is 5.95 Å². The van der Waals surface area contributed by atoms with Crippen molar-refractivity contribution in [1.29, 1.82) is 0 Å². The molecule has 0 aromatic carbocycles. The number of rotatable bonds is 3. The molecule has 2 aliphatic rings. The van der Waals surface area contributed by atoms with Gasteiger partial charge in [0.1, 0.15) is 42.6 Å². The number of alkyl halides is 2. The minimum absolute atomic E-state index is 0.114. The predicted molar refractivity (Wildman–Crippen MR) is 144 cm³/mol. The number of imidazole rings is 2. The lowest BCUT2D eigenvalue weighted by Gasteiger charge is -2.32.